The van der Waals surface area contributed by atoms with Gasteiger partial charge in [0.05, 0.1) is 11.2 Å². The number of aryl methyl sites for hydroxylation is 2. The molecule has 0 aliphatic rings. The minimum atomic E-state index is 0.0772. The number of unbranched alkanes of at least 4 members (excludes halogenated alkanes) is 1. The summed E-state index contributed by atoms with van der Waals surface area (Å²) in [6, 6.07) is 0.492. The van der Waals surface area contributed by atoms with Gasteiger partial charge in [-0.05, 0) is 40.5 Å². The third-order valence-corrected chi connectivity index (χ3v) is 4.84. The molecule has 1 atom stereocenters. The van der Waals surface area contributed by atoms with Gasteiger partial charge in [0.15, 0.2) is 0 Å². The molecule has 0 radical (unpaired) electrons. The Balaban J connectivity index is 3.07. The van der Waals surface area contributed by atoms with Gasteiger partial charge in [0.1, 0.15) is 5.01 Å². The van der Waals surface area contributed by atoms with Gasteiger partial charge in [-0.2, -0.15) is 0 Å². The average molecular weight is 268 g/mol. The monoisotopic (exact) mass is 268 g/mol. The largest absolute Gasteiger partial charge is 0.303 e. The van der Waals surface area contributed by atoms with E-state index in [9.17, 15) is 0 Å². The Morgan fingerprint density at radius 1 is 1.28 bits per heavy atom. The number of rotatable bonds is 7. The Morgan fingerprint density at radius 3 is 2.33 bits per heavy atom. The van der Waals surface area contributed by atoms with Gasteiger partial charge >= 0.3 is 0 Å². The molecule has 1 N–H and O–H groups in total. The van der Waals surface area contributed by atoms with E-state index in [-0.39, 0.29) is 5.54 Å². The SMILES string of the molecule is CCCCC(CC)(NC(C)C)c1nc(C)c(C)s1. The van der Waals surface area contributed by atoms with Crippen LogP contribution in [-0.2, 0) is 5.54 Å². The van der Waals surface area contributed by atoms with Gasteiger partial charge in [0, 0.05) is 10.9 Å². The molecular weight excluding hydrogens is 240 g/mol. The molecule has 0 aliphatic heterocycles. The number of nitrogens with zero attached hydrogens (tertiary/aromatic N) is 1. The van der Waals surface area contributed by atoms with Crippen LogP contribution in [0.25, 0.3) is 0 Å². The lowest BCUT2D eigenvalue weighted by Crippen LogP contribution is -2.45. The molecule has 2 nitrogen and oxygen atoms in total. The van der Waals surface area contributed by atoms with Crippen molar-refractivity contribution in [1.29, 1.82) is 0 Å². The quantitative estimate of drug-likeness (QED) is 0.784. The van der Waals surface area contributed by atoms with E-state index in [1.807, 2.05) is 11.3 Å². The minimum absolute atomic E-state index is 0.0772. The van der Waals surface area contributed by atoms with Gasteiger partial charge in [0.25, 0.3) is 0 Å². The highest BCUT2D eigenvalue weighted by atomic mass is 32.1. The van der Waals surface area contributed by atoms with Gasteiger partial charge in [-0.1, -0.05) is 26.7 Å². The lowest BCUT2D eigenvalue weighted by Gasteiger charge is -2.34. The number of nitrogens with one attached hydrogen (secondary N) is 1. The summed E-state index contributed by atoms with van der Waals surface area (Å²) in [4.78, 5) is 6.17. The Bertz CT molecular complexity index is 351. The Labute approximate surface area is 116 Å². The van der Waals surface area contributed by atoms with E-state index in [2.05, 4.69) is 46.9 Å². The highest BCUT2D eigenvalue weighted by Gasteiger charge is 2.33. The minimum Gasteiger partial charge on any atom is -0.303 e. The third kappa shape index (κ3) is 3.55. The van der Waals surface area contributed by atoms with Crippen LogP contribution in [0.15, 0.2) is 0 Å². The highest BCUT2D eigenvalue weighted by molar-refractivity contribution is 7.11. The van der Waals surface area contributed by atoms with E-state index in [1.54, 1.807) is 0 Å². The summed E-state index contributed by atoms with van der Waals surface area (Å²) in [7, 11) is 0. The van der Waals surface area contributed by atoms with E-state index < -0.39 is 0 Å². The fourth-order valence-electron chi connectivity index (χ4n) is 2.38. The summed E-state index contributed by atoms with van der Waals surface area (Å²) in [5, 5.41) is 5.06. The molecule has 1 aromatic heterocycles. The maximum atomic E-state index is 4.82. The van der Waals surface area contributed by atoms with Crippen LogP contribution < -0.4 is 5.32 Å². The van der Waals surface area contributed by atoms with E-state index in [0.29, 0.717) is 6.04 Å². The van der Waals surface area contributed by atoms with Crippen LogP contribution in [0.1, 0.15) is 69.0 Å². The zero-order chi connectivity index (χ0) is 13.8. The third-order valence-electron chi connectivity index (χ3n) is 3.56. The first-order valence-corrected chi connectivity index (χ1v) is 7.99. The predicted molar refractivity (Wildman–Crippen MR) is 81.4 cm³/mol. The standard InChI is InChI=1S/C15H28N2S/c1-7-9-10-15(8-2,17-11(3)4)14-16-12(5)13(6)18-14/h11,17H,7-10H2,1-6H3. The van der Waals surface area contributed by atoms with E-state index in [0.717, 1.165) is 6.42 Å². The smallest absolute Gasteiger partial charge is 0.113 e. The first kappa shape index (κ1) is 15.6. The molecular formula is C15H28N2S. The van der Waals surface area contributed by atoms with E-state index >= 15 is 0 Å². The van der Waals surface area contributed by atoms with Crippen LogP contribution in [0, 0.1) is 13.8 Å². The van der Waals surface area contributed by atoms with Crippen LogP contribution in [0.3, 0.4) is 0 Å². The van der Waals surface area contributed by atoms with Gasteiger partial charge in [-0.15, -0.1) is 11.3 Å². The van der Waals surface area contributed by atoms with E-state index in [4.69, 9.17) is 4.98 Å². The van der Waals surface area contributed by atoms with Crippen molar-refractivity contribution in [3.8, 4) is 0 Å². The zero-order valence-electron chi connectivity index (χ0n) is 12.8. The topological polar surface area (TPSA) is 24.9 Å². The maximum Gasteiger partial charge on any atom is 0.113 e. The highest BCUT2D eigenvalue weighted by Crippen LogP contribution is 2.35. The summed E-state index contributed by atoms with van der Waals surface area (Å²) in [5.41, 5.74) is 1.27. The first-order chi connectivity index (χ1) is 8.45. The van der Waals surface area contributed by atoms with Crippen molar-refractivity contribution in [2.75, 3.05) is 0 Å². The molecule has 0 amide bonds. The molecule has 3 heteroatoms. The second-order valence-electron chi connectivity index (χ2n) is 5.50. The summed E-state index contributed by atoms with van der Waals surface area (Å²) >= 11 is 1.86. The number of hydrogen-bond acceptors (Lipinski definition) is 3. The van der Waals surface area contributed by atoms with Crippen LogP contribution in [0.5, 0.6) is 0 Å². The molecule has 0 saturated heterocycles. The summed E-state index contributed by atoms with van der Waals surface area (Å²) < 4.78 is 0. The van der Waals surface area contributed by atoms with Crippen LogP contribution >= 0.6 is 11.3 Å². The molecule has 0 bridgehead atoms. The molecule has 0 spiro atoms. The molecule has 1 heterocycles. The van der Waals surface area contributed by atoms with Crippen LogP contribution in [0.2, 0.25) is 0 Å². The normalized spacial score (nSPS) is 15.1. The van der Waals surface area contributed by atoms with Crippen molar-refractivity contribution in [3.63, 3.8) is 0 Å². The van der Waals surface area contributed by atoms with Crippen molar-refractivity contribution in [2.45, 2.75) is 78.8 Å². The van der Waals surface area contributed by atoms with Crippen molar-refractivity contribution in [2.24, 2.45) is 0 Å². The van der Waals surface area contributed by atoms with Gasteiger partial charge < -0.3 is 5.32 Å². The van der Waals surface area contributed by atoms with Crippen LogP contribution in [-0.4, -0.2) is 11.0 Å². The van der Waals surface area contributed by atoms with Gasteiger partial charge in [0.2, 0.25) is 0 Å². The Hall–Kier alpha value is -0.410. The molecule has 1 aromatic rings. The number of hydrogen-bond donors (Lipinski definition) is 1. The van der Waals surface area contributed by atoms with E-state index in [1.165, 1.54) is 34.8 Å². The van der Waals surface area contributed by atoms with Crippen molar-refractivity contribution in [3.05, 3.63) is 15.6 Å². The molecule has 1 rings (SSSR count). The molecule has 1 unspecified atom stereocenters. The second kappa shape index (κ2) is 6.67. The average Bonchev–Trinajstić information content (AvgIpc) is 2.65. The zero-order valence-corrected chi connectivity index (χ0v) is 13.6. The Morgan fingerprint density at radius 2 is 1.94 bits per heavy atom. The van der Waals surface area contributed by atoms with Gasteiger partial charge in [-0.3, -0.25) is 0 Å². The molecule has 104 valence electrons. The lowest BCUT2D eigenvalue weighted by atomic mass is 9.89. The second-order valence-corrected chi connectivity index (χ2v) is 6.70. The molecule has 0 aromatic carbocycles. The Kier molecular flexibility index (Phi) is 5.80. The summed E-state index contributed by atoms with van der Waals surface area (Å²) in [6.07, 6.45) is 4.79. The predicted octanol–water partition coefficient (Wildman–Crippen LogP) is 4.55. The number of aromatic nitrogens is 1. The molecule has 0 saturated carbocycles. The fourth-order valence-corrected chi connectivity index (χ4v) is 3.55. The van der Waals surface area contributed by atoms with Gasteiger partial charge in [-0.25, -0.2) is 4.98 Å². The lowest BCUT2D eigenvalue weighted by molar-refractivity contribution is 0.264. The van der Waals surface area contributed by atoms with Crippen molar-refractivity contribution in [1.82, 2.24) is 10.3 Å². The summed E-state index contributed by atoms with van der Waals surface area (Å²) in [5.74, 6) is 0. The maximum absolute atomic E-state index is 4.82. The van der Waals surface area contributed by atoms with Crippen molar-refractivity contribution < 1.29 is 0 Å². The number of thiazole rings is 1. The molecule has 18 heavy (non-hydrogen) atoms. The van der Waals surface area contributed by atoms with Crippen molar-refractivity contribution >= 4 is 11.3 Å². The molecule has 0 aliphatic carbocycles. The summed E-state index contributed by atoms with van der Waals surface area (Å²) in [6.45, 7) is 13.3. The molecule has 0 fully saturated rings. The van der Waals surface area contributed by atoms with Crippen LogP contribution in [0.4, 0.5) is 0 Å². The fraction of sp³-hybridized carbons (Fsp3) is 0.800. The first-order valence-electron chi connectivity index (χ1n) is 7.17.